The van der Waals surface area contributed by atoms with E-state index in [2.05, 4.69) is 5.32 Å². The van der Waals surface area contributed by atoms with Crippen molar-refractivity contribution in [1.29, 1.82) is 0 Å². The molecule has 0 radical (unpaired) electrons. The molecule has 0 aliphatic carbocycles. The predicted molar refractivity (Wildman–Crippen MR) is 157 cm³/mol. The van der Waals surface area contributed by atoms with Crippen molar-refractivity contribution in [1.82, 2.24) is 10.2 Å². The van der Waals surface area contributed by atoms with Crippen LogP contribution in [-0.2, 0) is 26.2 Å². The van der Waals surface area contributed by atoms with Crippen LogP contribution in [0.25, 0.3) is 0 Å². The first-order valence-corrected chi connectivity index (χ1v) is 14.8. The molecule has 0 aromatic heterocycles. The number of anilines is 1. The molecular formula is C29H33Cl2N3O4S. The monoisotopic (exact) mass is 589 g/mol. The summed E-state index contributed by atoms with van der Waals surface area (Å²) in [6, 6.07) is 18.9. The minimum atomic E-state index is -4.11. The number of hydrogen-bond donors (Lipinski definition) is 1. The molecule has 1 N–H and O–H groups in total. The van der Waals surface area contributed by atoms with Crippen molar-refractivity contribution in [3.8, 4) is 0 Å². The Labute approximate surface area is 240 Å². The maximum Gasteiger partial charge on any atom is 0.264 e. The van der Waals surface area contributed by atoms with Gasteiger partial charge in [0.1, 0.15) is 12.6 Å². The second kappa shape index (κ2) is 13.3. The molecule has 3 rings (SSSR count). The fourth-order valence-corrected chi connectivity index (χ4v) is 5.91. The van der Waals surface area contributed by atoms with Crippen LogP contribution in [-0.4, -0.2) is 43.8 Å². The van der Waals surface area contributed by atoms with Gasteiger partial charge in [0.15, 0.2) is 0 Å². The maximum absolute atomic E-state index is 14.0. The van der Waals surface area contributed by atoms with Crippen molar-refractivity contribution in [2.75, 3.05) is 10.8 Å². The first kappa shape index (κ1) is 30.5. The molecule has 0 heterocycles. The van der Waals surface area contributed by atoms with Gasteiger partial charge in [0.05, 0.1) is 20.6 Å². The number of aryl methyl sites for hydroxylation is 1. The molecule has 1 atom stereocenters. The van der Waals surface area contributed by atoms with E-state index in [1.807, 2.05) is 26.8 Å². The lowest BCUT2D eigenvalue weighted by atomic mass is 10.1. The number of rotatable bonds is 11. The molecule has 208 valence electrons. The second-order valence-electron chi connectivity index (χ2n) is 9.52. The van der Waals surface area contributed by atoms with Crippen LogP contribution in [0.4, 0.5) is 5.69 Å². The molecule has 0 fully saturated rings. The van der Waals surface area contributed by atoms with Crippen molar-refractivity contribution < 1.29 is 18.0 Å². The van der Waals surface area contributed by atoms with Crippen molar-refractivity contribution >= 4 is 50.7 Å². The Kier molecular flexibility index (Phi) is 10.4. The summed E-state index contributed by atoms with van der Waals surface area (Å²) < 4.78 is 28.7. The molecule has 3 aromatic carbocycles. The fraction of sp³-hybridized carbons (Fsp3) is 0.310. The predicted octanol–water partition coefficient (Wildman–Crippen LogP) is 5.83. The summed E-state index contributed by atoms with van der Waals surface area (Å²) in [5.74, 6) is -0.859. The van der Waals surface area contributed by atoms with Crippen LogP contribution in [0.2, 0.25) is 10.0 Å². The number of amides is 2. The Balaban J connectivity index is 2.07. The summed E-state index contributed by atoms with van der Waals surface area (Å²) in [5.41, 5.74) is 1.84. The molecular weight excluding hydrogens is 557 g/mol. The molecule has 10 heteroatoms. The van der Waals surface area contributed by atoms with Gasteiger partial charge in [-0.25, -0.2) is 8.42 Å². The second-order valence-corrected chi connectivity index (χ2v) is 12.2. The first-order chi connectivity index (χ1) is 18.4. The zero-order chi connectivity index (χ0) is 28.7. The summed E-state index contributed by atoms with van der Waals surface area (Å²) in [4.78, 5) is 28.7. The highest BCUT2D eigenvalue weighted by molar-refractivity contribution is 7.92. The van der Waals surface area contributed by atoms with Crippen LogP contribution >= 0.6 is 23.2 Å². The Bertz CT molecular complexity index is 1420. The number of hydrogen-bond acceptors (Lipinski definition) is 4. The van der Waals surface area contributed by atoms with E-state index in [9.17, 15) is 18.0 Å². The van der Waals surface area contributed by atoms with Gasteiger partial charge in [-0.1, -0.05) is 66.5 Å². The molecule has 0 bridgehead atoms. The topological polar surface area (TPSA) is 86.8 Å². The Morgan fingerprint density at radius 2 is 1.62 bits per heavy atom. The van der Waals surface area contributed by atoms with Crippen molar-refractivity contribution in [3.63, 3.8) is 0 Å². The fourth-order valence-electron chi connectivity index (χ4n) is 4.17. The quantitative estimate of drug-likeness (QED) is 0.305. The number of nitrogens with zero attached hydrogens (tertiary/aromatic N) is 2. The average Bonchev–Trinajstić information content (AvgIpc) is 2.89. The lowest BCUT2D eigenvalue weighted by molar-refractivity contribution is -0.140. The van der Waals surface area contributed by atoms with Crippen molar-refractivity contribution in [2.24, 2.45) is 0 Å². The largest absolute Gasteiger partial charge is 0.352 e. The molecule has 0 aliphatic heterocycles. The molecule has 0 saturated heterocycles. The molecule has 0 unspecified atom stereocenters. The molecule has 2 amide bonds. The normalized spacial score (nSPS) is 12.2. The highest BCUT2D eigenvalue weighted by atomic mass is 35.5. The summed E-state index contributed by atoms with van der Waals surface area (Å²) in [6.07, 6.45) is 0.321. The minimum Gasteiger partial charge on any atom is -0.352 e. The van der Waals surface area contributed by atoms with E-state index in [1.54, 1.807) is 61.5 Å². The standard InChI is InChI=1S/C29H33Cl2N3O4S/c1-5-27(29(36)32-20(2)3)33(18-22-14-15-25(30)26(31)17-22)28(35)19-34(23-11-9-10-21(4)16-23)39(37,38)24-12-7-6-8-13-24/h6-17,20,27H,5,18-19H2,1-4H3,(H,32,36)/t27-/m1/s1. The summed E-state index contributed by atoms with van der Waals surface area (Å²) in [6.45, 7) is 6.85. The number of benzene rings is 3. The van der Waals surface area contributed by atoms with Gasteiger partial charge in [0.2, 0.25) is 11.8 Å². The third kappa shape index (κ3) is 7.75. The molecule has 0 spiro atoms. The smallest absolute Gasteiger partial charge is 0.264 e. The number of nitrogens with one attached hydrogen (secondary N) is 1. The van der Waals surface area contributed by atoms with E-state index in [0.717, 1.165) is 9.87 Å². The molecule has 7 nitrogen and oxygen atoms in total. The van der Waals surface area contributed by atoms with E-state index in [4.69, 9.17) is 23.2 Å². The first-order valence-electron chi connectivity index (χ1n) is 12.6. The average molecular weight is 591 g/mol. The molecule has 3 aromatic rings. The van der Waals surface area contributed by atoms with Crippen molar-refractivity contribution in [3.05, 3.63) is 94.0 Å². The molecule has 39 heavy (non-hydrogen) atoms. The number of carbonyl (C=O) groups excluding carboxylic acids is 2. The van der Waals surface area contributed by atoms with Gasteiger partial charge >= 0.3 is 0 Å². The zero-order valence-corrected chi connectivity index (χ0v) is 24.7. The lowest BCUT2D eigenvalue weighted by Crippen LogP contribution is -2.53. The minimum absolute atomic E-state index is 0.0345. The Morgan fingerprint density at radius 1 is 0.923 bits per heavy atom. The van der Waals surface area contributed by atoms with Gasteiger partial charge in [-0.15, -0.1) is 0 Å². The van der Waals surface area contributed by atoms with E-state index in [-0.39, 0.29) is 23.4 Å². The van der Waals surface area contributed by atoms with Gasteiger partial charge in [-0.05, 0) is 74.7 Å². The number of halogens is 2. The summed E-state index contributed by atoms with van der Waals surface area (Å²) in [5, 5.41) is 3.55. The van der Waals surface area contributed by atoms with Crippen LogP contribution in [0, 0.1) is 6.92 Å². The highest BCUT2D eigenvalue weighted by Gasteiger charge is 2.33. The van der Waals surface area contributed by atoms with Crippen molar-refractivity contribution in [2.45, 2.75) is 57.6 Å². The van der Waals surface area contributed by atoms with E-state index < -0.39 is 28.5 Å². The molecule has 0 saturated carbocycles. The van der Waals surface area contributed by atoms with Crippen LogP contribution in [0.5, 0.6) is 0 Å². The van der Waals surface area contributed by atoms with Gasteiger partial charge in [-0.3, -0.25) is 13.9 Å². The SMILES string of the molecule is CC[C@H](C(=O)NC(C)C)N(Cc1ccc(Cl)c(Cl)c1)C(=O)CN(c1cccc(C)c1)S(=O)(=O)c1ccccc1. The van der Waals surface area contributed by atoms with E-state index >= 15 is 0 Å². The third-order valence-electron chi connectivity index (χ3n) is 6.05. The lowest BCUT2D eigenvalue weighted by Gasteiger charge is -2.33. The third-order valence-corrected chi connectivity index (χ3v) is 8.58. The van der Waals surface area contributed by atoms with E-state index in [0.29, 0.717) is 27.7 Å². The van der Waals surface area contributed by atoms with Crippen LogP contribution in [0.15, 0.2) is 77.7 Å². The van der Waals surface area contributed by atoms with Gasteiger partial charge in [0.25, 0.3) is 10.0 Å². The maximum atomic E-state index is 14.0. The van der Waals surface area contributed by atoms with Gasteiger partial charge < -0.3 is 10.2 Å². The number of carbonyl (C=O) groups is 2. The summed E-state index contributed by atoms with van der Waals surface area (Å²) in [7, 11) is -4.11. The van der Waals surface area contributed by atoms with E-state index in [1.165, 1.54) is 17.0 Å². The Hall–Kier alpha value is -3.07. The van der Waals surface area contributed by atoms with Crippen LogP contribution in [0.1, 0.15) is 38.3 Å². The number of sulfonamides is 1. The summed E-state index contributed by atoms with van der Waals surface area (Å²) >= 11 is 12.3. The van der Waals surface area contributed by atoms with Crippen LogP contribution < -0.4 is 9.62 Å². The Morgan fingerprint density at radius 3 is 2.21 bits per heavy atom. The molecule has 0 aliphatic rings. The van der Waals surface area contributed by atoms with Gasteiger partial charge in [0, 0.05) is 12.6 Å². The zero-order valence-electron chi connectivity index (χ0n) is 22.4. The van der Waals surface area contributed by atoms with Crippen LogP contribution in [0.3, 0.4) is 0 Å². The highest BCUT2D eigenvalue weighted by Crippen LogP contribution is 2.27. The van der Waals surface area contributed by atoms with Gasteiger partial charge in [-0.2, -0.15) is 0 Å².